The third-order valence-corrected chi connectivity index (χ3v) is 4.98. The summed E-state index contributed by atoms with van der Waals surface area (Å²) in [6.07, 6.45) is 3.43. The topological polar surface area (TPSA) is 54.9 Å². The van der Waals surface area contributed by atoms with Crippen molar-refractivity contribution in [1.82, 2.24) is 10.2 Å². The molecule has 0 fully saturated rings. The molecule has 1 aliphatic carbocycles. The molecule has 0 saturated heterocycles. The van der Waals surface area contributed by atoms with Crippen LogP contribution in [-0.4, -0.2) is 16.1 Å². The van der Waals surface area contributed by atoms with Gasteiger partial charge in [0.1, 0.15) is 5.51 Å². The summed E-state index contributed by atoms with van der Waals surface area (Å²) >= 11 is 2.94. The van der Waals surface area contributed by atoms with Crippen LogP contribution in [0.5, 0.6) is 0 Å². The van der Waals surface area contributed by atoms with Crippen LogP contribution in [0.25, 0.3) is 0 Å². The van der Waals surface area contributed by atoms with Crippen molar-refractivity contribution < 1.29 is 4.79 Å². The van der Waals surface area contributed by atoms with Crippen LogP contribution >= 0.6 is 22.7 Å². The number of hydrogen-bond acceptors (Lipinski definition) is 5. The molecule has 18 heavy (non-hydrogen) atoms. The number of amides is 1. The summed E-state index contributed by atoms with van der Waals surface area (Å²) in [5, 5.41) is 10.8. The van der Waals surface area contributed by atoms with Crippen molar-refractivity contribution in [1.29, 1.82) is 0 Å². The van der Waals surface area contributed by atoms with E-state index in [9.17, 15) is 4.79 Å². The minimum Gasteiger partial charge on any atom is -0.296 e. The van der Waals surface area contributed by atoms with Gasteiger partial charge >= 0.3 is 0 Å². The van der Waals surface area contributed by atoms with Crippen molar-refractivity contribution in [2.24, 2.45) is 5.92 Å². The van der Waals surface area contributed by atoms with Crippen molar-refractivity contribution in [3.05, 3.63) is 26.9 Å². The lowest BCUT2D eigenvalue weighted by atomic mass is 9.90. The molecule has 1 atom stereocenters. The van der Waals surface area contributed by atoms with Crippen molar-refractivity contribution in [2.45, 2.75) is 26.2 Å². The third kappa shape index (κ3) is 2.30. The van der Waals surface area contributed by atoms with Gasteiger partial charge < -0.3 is 0 Å². The molecule has 0 bridgehead atoms. The van der Waals surface area contributed by atoms with E-state index in [4.69, 9.17) is 0 Å². The first-order valence-electron chi connectivity index (χ1n) is 5.91. The molecule has 0 radical (unpaired) electrons. The molecule has 3 rings (SSSR count). The van der Waals surface area contributed by atoms with Gasteiger partial charge in [0.25, 0.3) is 5.91 Å². The number of rotatable bonds is 2. The number of thiophene rings is 1. The SMILES string of the molecule is CC1CCc2sc(C(=O)Nc3nncs3)cc2C1. The second kappa shape index (κ2) is 4.78. The number of nitrogens with one attached hydrogen (secondary N) is 1. The van der Waals surface area contributed by atoms with Crippen LogP contribution in [-0.2, 0) is 12.8 Å². The summed E-state index contributed by atoms with van der Waals surface area (Å²) in [5.41, 5.74) is 2.96. The van der Waals surface area contributed by atoms with Crippen LogP contribution in [0.3, 0.4) is 0 Å². The van der Waals surface area contributed by atoms with Gasteiger partial charge in [-0.05, 0) is 36.8 Å². The molecule has 1 N–H and O–H groups in total. The molecule has 0 aromatic carbocycles. The molecular weight excluding hydrogens is 266 g/mol. The lowest BCUT2D eigenvalue weighted by molar-refractivity contribution is 0.103. The molecule has 94 valence electrons. The largest absolute Gasteiger partial charge is 0.296 e. The molecule has 2 aromatic rings. The Balaban J connectivity index is 1.78. The second-order valence-corrected chi connectivity index (χ2v) is 6.58. The maximum atomic E-state index is 12.0. The normalized spacial score (nSPS) is 18.4. The predicted octanol–water partition coefficient (Wildman–Crippen LogP) is 2.98. The fourth-order valence-electron chi connectivity index (χ4n) is 2.20. The first kappa shape index (κ1) is 11.8. The van der Waals surface area contributed by atoms with Gasteiger partial charge in [0, 0.05) is 4.88 Å². The number of anilines is 1. The van der Waals surface area contributed by atoms with Crippen LogP contribution < -0.4 is 5.32 Å². The highest BCUT2D eigenvalue weighted by molar-refractivity contribution is 7.15. The first-order valence-corrected chi connectivity index (χ1v) is 7.61. The standard InChI is InChI=1S/C12H13N3OS2/c1-7-2-3-9-8(4-7)5-10(18-9)11(16)14-12-15-13-6-17-12/h5-7H,2-4H2,1H3,(H,14,15,16). The third-order valence-electron chi connectivity index (χ3n) is 3.13. The van der Waals surface area contributed by atoms with Crippen molar-refractivity contribution in [2.75, 3.05) is 5.32 Å². The van der Waals surface area contributed by atoms with E-state index in [1.54, 1.807) is 16.8 Å². The highest BCUT2D eigenvalue weighted by atomic mass is 32.1. The number of nitrogens with zero attached hydrogens (tertiary/aromatic N) is 2. The summed E-state index contributed by atoms with van der Waals surface area (Å²) in [7, 11) is 0. The summed E-state index contributed by atoms with van der Waals surface area (Å²) in [4.78, 5) is 14.2. The van der Waals surface area contributed by atoms with Crippen molar-refractivity contribution in [3.63, 3.8) is 0 Å². The molecule has 2 aromatic heterocycles. The number of aryl methyl sites for hydroxylation is 1. The Morgan fingerprint density at radius 2 is 2.44 bits per heavy atom. The summed E-state index contributed by atoms with van der Waals surface area (Å²) in [6, 6.07) is 2.03. The Kier molecular flexibility index (Phi) is 3.13. The number of hydrogen-bond donors (Lipinski definition) is 1. The van der Waals surface area contributed by atoms with E-state index in [1.807, 2.05) is 6.07 Å². The zero-order valence-electron chi connectivity index (χ0n) is 9.97. The summed E-state index contributed by atoms with van der Waals surface area (Å²) in [6.45, 7) is 2.27. The minimum absolute atomic E-state index is 0.0706. The fourth-order valence-corrected chi connectivity index (χ4v) is 3.75. The van der Waals surface area contributed by atoms with Crippen LogP contribution in [0.15, 0.2) is 11.6 Å². The summed E-state index contributed by atoms with van der Waals surface area (Å²) in [5.74, 6) is 0.657. The Morgan fingerprint density at radius 3 is 3.22 bits per heavy atom. The van der Waals surface area contributed by atoms with E-state index in [0.717, 1.165) is 23.6 Å². The number of fused-ring (bicyclic) bond motifs is 1. The number of carbonyl (C=O) groups excluding carboxylic acids is 1. The van der Waals surface area contributed by atoms with Gasteiger partial charge in [0.05, 0.1) is 4.88 Å². The average molecular weight is 279 g/mol. The maximum absolute atomic E-state index is 12.0. The van der Waals surface area contributed by atoms with E-state index in [0.29, 0.717) is 5.13 Å². The van der Waals surface area contributed by atoms with Crippen molar-refractivity contribution in [3.8, 4) is 0 Å². The highest BCUT2D eigenvalue weighted by Gasteiger charge is 2.20. The zero-order valence-corrected chi connectivity index (χ0v) is 11.6. The van der Waals surface area contributed by atoms with E-state index in [-0.39, 0.29) is 5.91 Å². The molecule has 1 unspecified atom stereocenters. The van der Waals surface area contributed by atoms with E-state index in [1.165, 1.54) is 28.2 Å². The quantitative estimate of drug-likeness (QED) is 0.919. The lowest BCUT2D eigenvalue weighted by Gasteiger charge is -2.16. The van der Waals surface area contributed by atoms with Crippen LogP contribution in [0.4, 0.5) is 5.13 Å². The van der Waals surface area contributed by atoms with E-state index in [2.05, 4.69) is 22.4 Å². The van der Waals surface area contributed by atoms with Crippen LogP contribution in [0.1, 0.15) is 33.5 Å². The Bertz CT molecular complexity index is 562. The van der Waals surface area contributed by atoms with Crippen LogP contribution in [0.2, 0.25) is 0 Å². The van der Waals surface area contributed by atoms with Gasteiger partial charge in [-0.2, -0.15) is 0 Å². The van der Waals surface area contributed by atoms with Gasteiger partial charge in [0.2, 0.25) is 5.13 Å². The fraction of sp³-hybridized carbons (Fsp3) is 0.417. The second-order valence-electron chi connectivity index (χ2n) is 4.61. The molecule has 4 nitrogen and oxygen atoms in total. The van der Waals surface area contributed by atoms with Gasteiger partial charge in [-0.25, -0.2) is 0 Å². The Hall–Kier alpha value is -1.27. The highest BCUT2D eigenvalue weighted by Crippen LogP contribution is 2.32. The molecule has 1 amide bonds. The number of carbonyl (C=O) groups is 1. The van der Waals surface area contributed by atoms with Gasteiger partial charge in [-0.3, -0.25) is 10.1 Å². The smallest absolute Gasteiger partial charge is 0.267 e. The average Bonchev–Trinajstić information content (AvgIpc) is 2.96. The zero-order chi connectivity index (χ0) is 12.5. The van der Waals surface area contributed by atoms with Crippen molar-refractivity contribution >= 4 is 33.7 Å². The van der Waals surface area contributed by atoms with E-state index >= 15 is 0 Å². The van der Waals surface area contributed by atoms with Gasteiger partial charge in [0.15, 0.2) is 0 Å². The van der Waals surface area contributed by atoms with Crippen LogP contribution in [0, 0.1) is 5.92 Å². The monoisotopic (exact) mass is 279 g/mol. The molecule has 6 heteroatoms. The maximum Gasteiger partial charge on any atom is 0.267 e. The lowest BCUT2D eigenvalue weighted by Crippen LogP contribution is -2.10. The minimum atomic E-state index is -0.0706. The molecule has 2 heterocycles. The van der Waals surface area contributed by atoms with Gasteiger partial charge in [-0.15, -0.1) is 21.5 Å². The van der Waals surface area contributed by atoms with Gasteiger partial charge in [-0.1, -0.05) is 18.3 Å². The predicted molar refractivity (Wildman–Crippen MR) is 73.4 cm³/mol. The molecular formula is C12H13N3OS2. The molecule has 0 saturated carbocycles. The molecule has 0 spiro atoms. The molecule has 1 aliphatic rings. The van der Waals surface area contributed by atoms with E-state index < -0.39 is 0 Å². The first-order chi connectivity index (χ1) is 8.72. The summed E-state index contributed by atoms with van der Waals surface area (Å²) < 4.78 is 0. The Morgan fingerprint density at radius 1 is 1.56 bits per heavy atom. The number of aromatic nitrogens is 2. The Labute approximate surface area is 113 Å². The molecule has 0 aliphatic heterocycles.